The number of aromatic carboxylic acids is 1. The fraction of sp³-hybridized carbons (Fsp3) is 0.538. The van der Waals surface area contributed by atoms with Crippen LogP contribution in [0.3, 0.4) is 0 Å². The molecule has 1 aliphatic carbocycles. The van der Waals surface area contributed by atoms with Crippen molar-refractivity contribution in [2.24, 2.45) is 5.41 Å². The van der Waals surface area contributed by atoms with E-state index in [0.29, 0.717) is 5.41 Å². The van der Waals surface area contributed by atoms with Crippen LogP contribution in [-0.2, 0) is 0 Å². The van der Waals surface area contributed by atoms with Crippen LogP contribution in [0.4, 0.5) is 5.69 Å². The lowest BCUT2D eigenvalue weighted by atomic mass is 9.78. The number of carboxylic acid groups (broad SMARTS) is 1. The molecule has 2 heterocycles. The summed E-state index contributed by atoms with van der Waals surface area (Å²) >= 11 is 0. The number of nitrogens with zero attached hydrogens (tertiary/aromatic N) is 2. The summed E-state index contributed by atoms with van der Waals surface area (Å²) in [5, 5.41) is 8.78. The van der Waals surface area contributed by atoms with Gasteiger partial charge in [0.05, 0.1) is 11.9 Å². The molecule has 0 amide bonds. The molecular formula is C13H16N2O2. The van der Waals surface area contributed by atoms with Crippen LogP contribution in [-0.4, -0.2) is 29.1 Å². The fourth-order valence-electron chi connectivity index (χ4n) is 3.09. The van der Waals surface area contributed by atoms with E-state index >= 15 is 0 Å². The van der Waals surface area contributed by atoms with E-state index in [0.717, 1.165) is 18.8 Å². The Labute approximate surface area is 100 Å². The highest BCUT2D eigenvalue weighted by Gasteiger charge is 2.44. The van der Waals surface area contributed by atoms with Gasteiger partial charge in [-0.25, -0.2) is 9.78 Å². The topological polar surface area (TPSA) is 53.4 Å². The number of carbonyl (C=O) groups is 1. The van der Waals surface area contributed by atoms with Gasteiger partial charge in [-0.3, -0.25) is 0 Å². The second-order valence-electron chi connectivity index (χ2n) is 5.27. The predicted octanol–water partition coefficient (Wildman–Crippen LogP) is 2.16. The van der Waals surface area contributed by atoms with Gasteiger partial charge >= 0.3 is 5.97 Å². The Bertz CT molecular complexity index is 427. The monoisotopic (exact) mass is 232 g/mol. The van der Waals surface area contributed by atoms with E-state index in [1.54, 1.807) is 12.3 Å². The molecule has 1 spiro atoms. The molecule has 4 heteroatoms. The number of pyridine rings is 1. The number of rotatable bonds is 2. The number of anilines is 1. The Hall–Kier alpha value is -1.58. The molecule has 1 aliphatic heterocycles. The predicted molar refractivity (Wildman–Crippen MR) is 64.3 cm³/mol. The van der Waals surface area contributed by atoms with E-state index in [-0.39, 0.29) is 5.69 Å². The van der Waals surface area contributed by atoms with Crippen LogP contribution >= 0.6 is 0 Å². The summed E-state index contributed by atoms with van der Waals surface area (Å²) < 4.78 is 0. The van der Waals surface area contributed by atoms with Crippen molar-refractivity contribution in [1.29, 1.82) is 0 Å². The van der Waals surface area contributed by atoms with Crippen molar-refractivity contribution in [2.75, 3.05) is 18.0 Å². The van der Waals surface area contributed by atoms with Gasteiger partial charge < -0.3 is 10.0 Å². The molecule has 1 saturated heterocycles. The molecule has 0 aromatic carbocycles. The first kappa shape index (κ1) is 10.6. The number of hydrogen-bond donors (Lipinski definition) is 1. The summed E-state index contributed by atoms with van der Waals surface area (Å²) in [6.07, 6.45) is 7.10. The van der Waals surface area contributed by atoms with Gasteiger partial charge in [-0.15, -0.1) is 0 Å². The molecule has 2 fully saturated rings. The number of carboxylic acids is 1. The van der Waals surface area contributed by atoms with Crippen molar-refractivity contribution in [3.05, 3.63) is 24.0 Å². The highest BCUT2D eigenvalue weighted by Crippen LogP contribution is 2.46. The van der Waals surface area contributed by atoms with Crippen molar-refractivity contribution in [2.45, 2.75) is 25.7 Å². The third kappa shape index (κ3) is 1.77. The van der Waals surface area contributed by atoms with Crippen molar-refractivity contribution < 1.29 is 9.90 Å². The smallest absolute Gasteiger partial charge is 0.354 e. The molecule has 0 unspecified atom stereocenters. The molecule has 2 aliphatic rings. The summed E-state index contributed by atoms with van der Waals surface area (Å²) in [7, 11) is 0. The first-order chi connectivity index (χ1) is 8.19. The molecule has 4 nitrogen and oxygen atoms in total. The van der Waals surface area contributed by atoms with Crippen LogP contribution in [0.5, 0.6) is 0 Å². The quantitative estimate of drug-likeness (QED) is 0.849. The second kappa shape index (κ2) is 3.72. The van der Waals surface area contributed by atoms with Gasteiger partial charge in [-0.1, -0.05) is 12.8 Å². The SMILES string of the molecule is O=C(O)c1ccc(N2CC3(CCCC3)C2)cn1. The van der Waals surface area contributed by atoms with E-state index < -0.39 is 5.97 Å². The maximum absolute atomic E-state index is 10.7. The van der Waals surface area contributed by atoms with E-state index in [2.05, 4.69) is 9.88 Å². The van der Waals surface area contributed by atoms with Crippen LogP contribution in [0.15, 0.2) is 18.3 Å². The van der Waals surface area contributed by atoms with E-state index in [1.807, 2.05) is 6.07 Å². The van der Waals surface area contributed by atoms with Crippen molar-refractivity contribution in [1.82, 2.24) is 4.98 Å². The van der Waals surface area contributed by atoms with Gasteiger partial charge in [0.2, 0.25) is 0 Å². The summed E-state index contributed by atoms with van der Waals surface area (Å²) in [5.41, 5.74) is 1.73. The van der Waals surface area contributed by atoms with Crippen LogP contribution in [0, 0.1) is 5.41 Å². The highest BCUT2D eigenvalue weighted by atomic mass is 16.4. The zero-order valence-electron chi connectivity index (χ0n) is 9.72. The minimum atomic E-state index is -0.965. The summed E-state index contributed by atoms with van der Waals surface area (Å²) in [6, 6.07) is 3.44. The average Bonchev–Trinajstić information content (AvgIpc) is 2.76. The second-order valence-corrected chi connectivity index (χ2v) is 5.27. The standard InChI is InChI=1S/C13H16N2O2/c16-12(17)11-4-3-10(7-14-11)15-8-13(9-15)5-1-2-6-13/h3-4,7H,1-2,5-6,8-9H2,(H,16,17). The van der Waals surface area contributed by atoms with E-state index in [9.17, 15) is 4.79 Å². The lowest BCUT2D eigenvalue weighted by molar-refractivity contribution is 0.0690. The number of aromatic nitrogens is 1. The molecule has 1 N–H and O–H groups in total. The first-order valence-electron chi connectivity index (χ1n) is 6.13. The Kier molecular flexibility index (Phi) is 2.31. The fourth-order valence-corrected chi connectivity index (χ4v) is 3.09. The first-order valence-corrected chi connectivity index (χ1v) is 6.13. The lowest BCUT2D eigenvalue weighted by Crippen LogP contribution is -2.55. The van der Waals surface area contributed by atoms with E-state index in [4.69, 9.17) is 5.11 Å². The van der Waals surface area contributed by atoms with Crippen LogP contribution in [0.1, 0.15) is 36.2 Å². The van der Waals surface area contributed by atoms with Crippen molar-refractivity contribution >= 4 is 11.7 Å². The third-order valence-corrected chi connectivity index (χ3v) is 4.05. The van der Waals surface area contributed by atoms with Gasteiger partial charge in [0.25, 0.3) is 0 Å². The zero-order valence-corrected chi connectivity index (χ0v) is 9.72. The van der Waals surface area contributed by atoms with Gasteiger partial charge in [-0.2, -0.15) is 0 Å². The van der Waals surface area contributed by atoms with Crippen LogP contribution in [0.25, 0.3) is 0 Å². The molecular weight excluding hydrogens is 216 g/mol. The molecule has 90 valence electrons. The minimum absolute atomic E-state index is 0.116. The molecule has 1 saturated carbocycles. The van der Waals surface area contributed by atoms with E-state index in [1.165, 1.54) is 25.7 Å². The van der Waals surface area contributed by atoms with Crippen LogP contribution in [0.2, 0.25) is 0 Å². The van der Waals surface area contributed by atoms with Crippen LogP contribution < -0.4 is 4.90 Å². The Morgan fingerprint density at radius 3 is 2.53 bits per heavy atom. The molecule has 17 heavy (non-hydrogen) atoms. The average molecular weight is 232 g/mol. The Morgan fingerprint density at radius 1 is 1.29 bits per heavy atom. The maximum atomic E-state index is 10.7. The summed E-state index contributed by atoms with van der Waals surface area (Å²) in [5.74, 6) is -0.965. The van der Waals surface area contributed by atoms with Gasteiger partial charge in [0.15, 0.2) is 0 Å². The normalized spacial score (nSPS) is 21.5. The van der Waals surface area contributed by atoms with Gasteiger partial charge in [0.1, 0.15) is 5.69 Å². The molecule has 0 bridgehead atoms. The number of hydrogen-bond acceptors (Lipinski definition) is 3. The minimum Gasteiger partial charge on any atom is -0.477 e. The Morgan fingerprint density at radius 2 is 2.00 bits per heavy atom. The molecule has 1 aromatic rings. The molecule has 3 rings (SSSR count). The lowest BCUT2D eigenvalue weighted by Gasteiger charge is -2.49. The van der Waals surface area contributed by atoms with Gasteiger partial charge in [0, 0.05) is 18.5 Å². The third-order valence-electron chi connectivity index (χ3n) is 4.05. The molecule has 0 radical (unpaired) electrons. The van der Waals surface area contributed by atoms with Crippen molar-refractivity contribution in [3.8, 4) is 0 Å². The molecule has 1 aromatic heterocycles. The zero-order chi connectivity index (χ0) is 11.9. The van der Waals surface area contributed by atoms with Gasteiger partial charge in [-0.05, 0) is 25.0 Å². The van der Waals surface area contributed by atoms with Crippen molar-refractivity contribution in [3.63, 3.8) is 0 Å². The maximum Gasteiger partial charge on any atom is 0.354 e. The summed E-state index contributed by atoms with van der Waals surface area (Å²) in [6.45, 7) is 2.22. The molecule has 0 atom stereocenters. The summed E-state index contributed by atoms with van der Waals surface area (Å²) in [4.78, 5) is 16.9. The highest BCUT2D eigenvalue weighted by molar-refractivity contribution is 5.85. The largest absolute Gasteiger partial charge is 0.477 e. The Balaban J connectivity index is 1.68.